The fourth-order valence-corrected chi connectivity index (χ4v) is 2.71. The van der Waals surface area contributed by atoms with E-state index in [0.29, 0.717) is 9.57 Å². The lowest BCUT2D eigenvalue weighted by Crippen LogP contribution is -2.10. The average molecular weight is 335 g/mol. The molecule has 0 aliphatic heterocycles. The zero-order valence-corrected chi connectivity index (χ0v) is 12.5. The molecular formula is C15H11F2N3O2S. The van der Waals surface area contributed by atoms with Crippen LogP contribution in [0.3, 0.4) is 0 Å². The Balaban J connectivity index is 1.67. The number of ether oxygens (including phenoxy) is 1. The standard InChI is InChI=1S/C15H11F2N3O2S/c16-15(17)20-7-6-18-12(20)8-22-14(21)11-9-23-13(19-11)10-4-2-1-3-5-10/h1-7,9,15H,8H2. The maximum absolute atomic E-state index is 12.7. The van der Waals surface area contributed by atoms with E-state index in [1.165, 1.54) is 17.5 Å². The van der Waals surface area contributed by atoms with E-state index in [1.807, 2.05) is 30.3 Å². The minimum atomic E-state index is -2.73. The molecule has 0 amide bonds. The Labute approximate surface area is 134 Å². The summed E-state index contributed by atoms with van der Waals surface area (Å²) in [5.41, 5.74) is 1.04. The second-order valence-electron chi connectivity index (χ2n) is 4.51. The highest BCUT2D eigenvalue weighted by molar-refractivity contribution is 7.13. The van der Waals surface area contributed by atoms with Crippen molar-refractivity contribution in [1.29, 1.82) is 0 Å². The van der Waals surface area contributed by atoms with Crippen LogP contribution < -0.4 is 0 Å². The van der Waals surface area contributed by atoms with Crippen molar-refractivity contribution in [2.45, 2.75) is 13.2 Å². The first-order valence-electron chi connectivity index (χ1n) is 6.63. The van der Waals surface area contributed by atoms with Crippen LogP contribution in [0.4, 0.5) is 8.78 Å². The maximum atomic E-state index is 12.7. The molecule has 3 rings (SSSR count). The Kier molecular flexibility index (Phi) is 4.42. The van der Waals surface area contributed by atoms with E-state index in [1.54, 1.807) is 5.38 Å². The second kappa shape index (κ2) is 6.66. The molecule has 0 aliphatic rings. The van der Waals surface area contributed by atoms with Crippen molar-refractivity contribution in [2.75, 3.05) is 0 Å². The lowest BCUT2D eigenvalue weighted by atomic mass is 10.2. The van der Waals surface area contributed by atoms with E-state index in [9.17, 15) is 13.6 Å². The number of alkyl halides is 2. The van der Waals surface area contributed by atoms with Gasteiger partial charge in [0.05, 0.1) is 0 Å². The summed E-state index contributed by atoms with van der Waals surface area (Å²) in [5.74, 6) is -0.695. The predicted molar refractivity (Wildman–Crippen MR) is 80.1 cm³/mol. The van der Waals surface area contributed by atoms with Crippen LogP contribution in [0, 0.1) is 0 Å². The van der Waals surface area contributed by atoms with E-state index in [2.05, 4.69) is 9.97 Å². The molecule has 0 saturated heterocycles. The van der Waals surface area contributed by atoms with Gasteiger partial charge in [-0.15, -0.1) is 11.3 Å². The van der Waals surface area contributed by atoms with Crippen molar-refractivity contribution >= 4 is 17.3 Å². The van der Waals surface area contributed by atoms with Crippen molar-refractivity contribution in [1.82, 2.24) is 14.5 Å². The largest absolute Gasteiger partial charge is 0.453 e. The number of aromatic nitrogens is 3. The normalized spacial score (nSPS) is 10.9. The summed E-state index contributed by atoms with van der Waals surface area (Å²) in [6, 6.07) is 9.40. The summed E-state index contributed by atoms with van der Waals surface area (Å²) in [4.78, 5) is 19.9. The number of rotatable bonds is 5. The highest BCUT2D eigenvalue weighted by atomic mass is 32.1. The molecule has 8 heteroatoms. The van der Waals surface area contributed by atoms with Crippen LogP contribution in [0.5, 0.6) is 0 Å². The molecule has 0 radical (unpaired) electrons. The smallest absolute Gasteiger partial charge is 0.358 e. The molecule has 1 aromatic carbocycles. The van der Waals surface area contributed by atoms with Gasteiger partial charge < -0.3 is 4.74 Å². The molecule has 0 fully saturated rings. The van der Waals surface area contributed by atoms with Crippen LogP contribution in [0.25, 0.3) is 10.6 Å². The molecule has 118 valence electrons. The number of nitrogens with zero attached hydrogens (tertiary/aromatic N) is 3. The van der Waals surface area contributed by atoms with Gasteiger partial charge in [0.25, 0.3) is 0 Å². The van der Waals surface area contributed by atoms with Crippen molar-refractivity contribution in [2.24, 2.45) is 0 Å². The van der Waals surface area contributed by atoms with E-state index in [-0.39, 0.29) is 18.1 Å². The maximum Gasteiger partial charge on any atom is 0.358 e. The van der Waals surface area contributed by atoms with Crippen molar-refractivity contribution < 1.29 is 18.3 Å². The third kappa shape index (κ3) is 3.42. The first-order valence-corrected chi connectivity index (χ1v) is 7.51. The minimum absolute atomic E-state index is 0.0214. The first kappa shape index (κ1) is 15.3. The van der Waals surface area contributed by atoms with Gasteiger partial charge in [0, 0.05) is 23.3 Å². The van der Waals surface area contributed by atoms with E-state index in [4.69, 9.17) is 4.74 Å². The summed E-state index contributed by atoms with van der Waals surface area (Å²) in [7, 11) is 0. The van der Waals surface area contributed by atoms with Gasteiger partial charge in [0.15, 0.2) is 11.5 Å². The lowest BCUT2D eigenvalue weighted by molar-refractivity contribution is 0.0371. The number of thiazole rings is 1. The van der Waals surface area contributed by atoms with E-state index >= 15 is 0 Å². The molecule has 2 heterocycles. The summed E-state index contributed by atoms with van der Waals surface area (Å²) in [5, 5.41) is 2.26. The Morgan fingerprint density at radius 2 is 2.09 bits per heavy atom. The van der Waals surface area contributed by atoms with Crippen LogP contribution in [0.1, 0.15) is 22.9 Å². The monoisotopic (exact) mass is 335 g/mol. The third-order valence-electron chi connectivity index (χ3n) is 3.03. The van der Waals surface area contributed by atoms with Crippen molar-refractivity contribution in [3.63, 3.8) is 0 Å². The SMILES string of the molecule is O=C(OCc1nccn1C(F)F)c1csc(-c2ccccc2)n1. The number of hydrogen-bond acceptors (Lipinski definition) is 5. The van der Waals surface area contributed by atoms with E-state index in [0.717, 1.165) is 11.8 Å². The van der Waals surface area contributed by atoms with Crippen molar-refractivity contribution in [3.8, 4) is 10.6 Å². The van der Waals surface area contributed by atoms with Crippen molar-refractivity contribution in [3.05, 3.63) is 59.6 Å². The van der Waals surface area contributed by atoms with Crippen LogP contribution in [-0.4, -0.2) is 20.5 Å². The fourth-order valence-electron chi connectivity index (χ4n) is 1.92. The number of benzene rings is 1. The Morgan fingerprint density at radius 1 is 1.30 bits per heavy atom. The average Bonchev–Trinajstić information content (AvgIpc) is 3.22. The van der Waals surface area contributed by atoms with Gasteiger partial charge in [-0.1, -0.05) is 30.3 Å². The topological polar surface area (TPSA) is 57.0 Å². The molecule has 0 N–H and O–H groups in total. The second-order valence-corrected chi connectivity index (χ2v) is 5.37. The van der Waals surface area contributed by atoms with Gasteiger partial charge in [-0.05, 0) is 0 Å². The van der Waals surface area contributed by atoms with Crippen LogP contribution in [-0.2, 0) is 11.3 Å². The molecule has 0 bridgehead atoms. The molecule has 0 saturated carbocycles. The lowest BCUT2D eigenvalue weighted by Gasteiger charge is -2.06. The Bertz CT molecular complexity index is 802. The number of carbonyl (C=O) groups is 1. The third-order valence-corrected chi connectivity index (χ3v) is 3.92. The van der Waals surface area contributed by atoms with Crippen LogP contribution in [0.15, 0.2) is 48.1 Å². The molecule has 5 nitrogen and oxygen atoms in total. The number of esters is 1. The summed E-state index contributed by atoms with van der Waals surface area (Å²) >= 11 is 1.31. The highest BCUT2D eigenvalue weighted by Gasteiger charge is 2.16. The summed E-state index contributed by atoms with van der Waals surface area (Å²) in [6.45, 7) is -3.07. The number of hydrogen-bond donors (Lipinski definition) is 0. The number of imidazole rings is 1. The van der Waals surface area contributed by atoms with Gasteiger partial charge in [-0.25, -0.2) is 14.8 Å². The van der Waals surface area contributed by atoms with Gasteiger partial charge in [0.2, 0.25) is 0 Å². The zero-order chi connectivity index (χ0) is 16.2. The van der Waals surface area contributed by atoms with Gasteiger partial charge in [-0.2, -0.15) is 8.78 Å². The molecule has 0 spiro atoms. The highest BCUT2D eigenvalue weighted by Crippen LogP contribution is 2.23. The summed E-state index contributed by atoms with van der Waals surface area (Å²) in [6.07, 6.45) is 2.36. The molecular weight excluding hydrogens is 324 g/mol. The fraction of sp³-hybridized carbons (Fsp3) is 0.133. The Morgan fingerprint density at radius 3 is 2.83 bits per heavy atom. The molecule has 2 aromatic heterocycles. The van der Waals surface area contributed by atoms with Gasteiger partial charge in [-0.3, -0.25) is 4.57 Å². The van der Waals surface area contributed by atoms with Gasteiger partial charge >= 0.3 is 12.5 Å². The zero-order valence-electron chi connectivity index (χ0n) is 11.7. The quantitative estimate of drug-likeness (QED) is 0.666. The molecule has 0 atom stereocenters. The number of carbonyl (C=O) groups excluding carboxylic acids is 1. The molecule has 0 unspecified atom stereocenters. The first-order chi connectivity index (χ1) is 11.1. The predicted octanol–water partition coefficient (Wildman–Crippen LogP) is 3.76. The molecule has 23 heavy (non-hydrogen) atoms. The summed E-state index contributed by atoms with van der Waals surface area (Å²) < 4.78 is 31.0. The molecule has 0 aliphatic carbocycles. The van der Waals surface area contributed by atoms with Gasteiger partial charge in [0.1, 0.15) is 11.6 Å². The Hall–Kier alpha value is -2.61. The number of halogens is 2. The minimum Gasteiger partial charge on any atom is -0.453 e. The van der Waals surface area contributed by atoms with Crippen LogP contribution >= 0.6 is 11.3 Å². The van der Waals surface area contributed by atoms with E-state index < -0.39 is 12.5 Å². The molecule has 3 aromatic rings. The van der Waals surface area contributed by atoms with Crippen LogP contribution in [0.2, 0.25) is 0 Å².